The van der Waals surface area contributed by atoms with Gasteiger partial charge in [0.1, 0.15) is 5.65 Å². The number of fused-ring (bicyclic) bond motifs is 1. The SMILES string of the molecule is Cc1cc(C)n2c(-c3ccsc3)cnc2c1. The molecule has 0 aliphatic carbocycles. The van der Waals surface area contributed by atoms with Crippen molar-refractivity contribution < 1.29 is 0 Å². The van der Waals surface area contributed by atoms with Gasteiger partial charge in [-0.25, -0.2) is 4.98 Å². The Balaban J connectivity index is 2.36. The fourth-order valence-electron chi connectivity index (χ4n) is 2.09. The Morgan fingerprint density at radius 2 is 2.12 bits per heavy atom. The summed E-state index contributed by atoms with van der Waals surface area (Å²) < 4.78 is 2.20. The van der Waals surface area contributed by atoms with Gasteiger partial charge in [-0.3, -0.25) is 4.40 Å². The highest BCUT2D eigenvalue weighted by Gasteiger charge is 2.08. The second-order valence-electron chi connectivity index (χ2n) is 4.02. The molecule has 2 nitrogen and oxygen atoms in total. The first-order chi connectivity index (χ1) is 7.75. The molecule has 3 rings (SSSR count). The van der Waals surface area contributed by atoms with Crippen molar-refractivity contribution in [2.24, 2.45) is 0 Å². The van der Waals surface area contributed by atoms with Crippen LogP contribution in [0.5, 0.6) is 0 Å². The number of hydrogen-bond donors (Lipinski definition) is 0. The Morgan fingerprint density at radius 1 is 1.25 bits per heavy atom. The molecule has 3 heteroatoms. The van der Waals surface area contributed by atoms with E-state index in [1.54, 1.807) is 11.3 Å². The summed E-state index contributed by atoms with van der Waals surface area (Å²) in [7, 11) is 0. The molecule has 0 N–H and O–H groups in total. The molecule has 0 unspecified atom stereocenters. The van der Waals surface area contributed by atoms with Crippen molar-refractivity contribution in [3.8, 4) is 11.3 Å². The summed E-state index contributed by atoms with van der Waals surface area (Å²) in [5.74, 6) is 0. The lowest BCUT2D eigenvalue weighted by Gasteiger charge is -2.05. The molecule has 0 spiro atoms. The second-order valence-corrected chi connectivity index (χ2v) is 4.80. The molecule has 0 saturated carbocycles. The normalized spacial score (nSPS) is 11.1. The molecule has 0 bridgehead atoms. The van der Waals surface area contributed by atoms with Gasteiger partial charge >= 0.3 is 0 Å². The van der Waals surface area contributed by atoms with Crippen LogP contribution in [-0.4, -0.2) is 9.38 Å². The van der Waals surface area contributed by atoms with Gasteiger partial charge < -0.3 is 0 Å². The zero-order valence-electron chi connectivity index (χ0n) is 9.27. The van der Waals surface area contributed by atoms with Crippen LogP contribution in [0.4, 0.5) is 0 Å². The molecule has 0 aromatic carbocycles. The third-order valence-electron chi connectivity index (χ3n) is 2.75. The fourth-order valence-corrected chi connectivity index (χ4v) is 2.74. The Kier molecular flexibility index (Phi) is 2.07. The molecule has 3 aromatic rings. The molecule has 0 fully saturated rings. The van der Waals surface area contributed by atoms with Crippen LogP contribution >= 0.6 is 11.3 Å². The highest BCUT2D eigenvalue weighted by atomic mass is 32.1. The van der Waals surface area contributed by atoms with Gasteiger partial charge in [-0.05, 0) is 43.0 Å². The molecule has 0 aliphatic rings. The van der Waals surface area contributed by atoms with Crippen molar-refractivity contribution in [3.05, 3.63) is 46.4 Å². The summed E-state index contributed by atoms with van der Waals surface area (Å²) in [6, 6.07) is 6.43. The molecule has 3 aromatic heterocycles. The topological polar surface area (TPSA) is 17.3 Å². The van der Waals surface area contributed by atoms with Crippen LogP contribution in [0.1, 0.15) is 11.3 Å². The Hall–Kier alpha value is -1.61. The van der Waals surface area contributed by atoms with Crippen molar-refractivity contribution >= 4 is 17.0 Å². The van der Waals surface area contributed by atoms with E-state index in [4.69, 9.17) is 0 Å². The van der Waals surface area contributed by atoms with E-state index in [2.05, 4.69) is 52.2 Å². The minimum absolute atomic E-state index is 1.03. The maximum absolute atomic E-state index is 4.46. The summed E-state index contributed by atoms with van der Waals surface area (Å²) in [5.41, 5.74) is 5.93. The van der Waals surface area contributed by atoms with E-state index in [-0.39, 0.29) is 0 Å². The number of hydrogen-bond acceptors (Lipinski definition) is 2. The zero-order valence-corrected chi connectivity index (χ0v) is 10.1. The molecular weight excluding hydrogens is 216 g/mol. The minimum Gasteiger partial charge on any atom is -0.297 e. The Labute approximate surface area is 98.2 Å². The van der Waals surface area contributed by atoms with Crippen LogP contribution in [0.2, 0.25) is 0 Å². The third kappa shape index (κ3) is 1.36. The second kappa shape index (κ2) is 3.46. The van der Waals surface area contributed by atoms with E-state index in [0.29, 0.717) is 0 Å². The molecule has 0 aliphatic heterocycles. The summed E-state index contributed by atoms with van der Waals surface area (Å²) >= 11 is 1.71. The average molecular weight is 228 g/mol. The number of aryl methyl sites for hydroxylation is 2. The van der Waals surface area contributed by atoms with Crippen LogP contribution in [0.25, 0.3) is 16.9 Å². The molecule has 0 radical (unpaired) electrons. The number of imidazole rings is 1. The summed E-state index contributed by atoms with van der Waals surface area (Å²) in [5, 5.41) is 4.25. The van der Waals surface area contributed by atoms with Crippen molar-refractivity contribution in [1.82, 2.24) is 9.38 Å². The first kappa shape index (κ1) is 9.60. The van der Waals surface area contributed by atoms with Gasteiger partial charge in [-0.1, -0.05) is 0 Å². The summed E-state index contributed by atoms with van der Waals surface area (Å²) in [4.78, 5) is 4.46. The molecule has 0 atom stereocenters. The predicted molar refractivity (Wildman–Crippen MR) is 68.0 cm³/mol. The van der Waals surface area contributed by atoms with Crippen molar-refractivity contribution in [2.45, 2.75) is 13.8 Å². The Morgan fingerprint density at radius 3 is 2.88 bits per heavy atom. The highest BCUT2D eigenvalue weighted by molar-refractivity contribution is 7.08. The van der Waals surface area contributed by atoms with Crippen molar-refractivity contribution in [3.63, 3.8) is 0 Å². The molecule has 3 heterocycles. The lowest BCUT2D eigenvalue weighted by atomic mass is 10.2. The third-order valence-corrected chi connectivity index (χ3v) is 3.44. The van der Waals surface area contributed by atoms with E-state index in [9.17, 15) is 0 Å². The van der Waals surface area contributed by atoms with Crippen LogP contribution in [-0.2, 0) is 0 Å². The van der Waals surface area contributed by atoms with E-state index >= 15 is 0 Å². The number of nitrogens with zero attached hydrogens (tertiary/aromatic N) is 2. The van der Waals surface area contributed by atoms with E-state index < -0.39 is 0 Å². The van der Waals surface area contributed by atoms with Gasteiger partial charge in [-0.2, -0.15) is 11.3 Å². The molecular formula is C13H12N2S. The standard InChI is InChI=1S/C13H12N2S/c1-9-5-10(2)15-12(7-14-13(15)6-9)11-3-4-16-8-11/h3-8H,1-2H3. The van der Waals surface area contributed by atoms with Gasteiger partial charge in [0.05, 0.1) is 11.9 Å². The molecule has 0 saturated heterocycles. The number of aromatic nitrogens is 2. The van der Waals surface area contributed by atoms with Gasteiger partial charge in [0.2, 0.25) is 0 Å². The van der Waals surface area contributed by atoms with Crippen LogP contribution in [0, 0.1) is 13.8 Å². The molecule has 0 amide bonds. The van der Waals surface area contributed by atoms with Gasteiger partial charge in [-0.15, -0.1) is 0 Å². The van der Waals surface area contributed by atoms with Gasteiger partial charge in [0.15, 0.2) is 0 Å². The van der Waals surface area contributed by atoms with Crippen molar-refractivity contribution in [2.75, 3.05) is 0 Å². The van der Waals surface area contributed by atoms with Gasteiger partial charge in [0, 0.05) is 16.6 Å². The Bertz CT molecular complexity index is 635. The van der Waals surface area contributed by atoms with Crippen molar-refractivity contribution in [1.29, 1.82) is 0 Å². The first-order valence-electron chi connectivity index (χ1n) is 5.23. The summed E-state index contributed by atoms with van der Waals surface area (Å²) in [6.07, 6.45) is 1.95. The maximum Gasteiger partial charge on any atom is 0.137 e. The maximum atomic E-state index is 4.46. The smallest absolute Gasteiger partial charge is 0.137 e. The minimum atomic E-state index is 1.03. The lowest BCUT2D eigenvalue weighted by Crippen LogP contribution is -1.94. The zero-order chi connectivity index (χ0) is 11.1. The number of thiophene rings is 1. The monoisotopic (exact) mass is 228 g/mol. The van der Waals surface area contributed by atoms with Crippen LogP contribution in [0.15, 0.2) is 35.2 Å². The molecule has 16 heavy (non-hydrogen) atoms. The van der Waals surface area contributed by atoms with E-state index in [1.165, 1.54) is 22.5 Å². The molecule has 80 valence electrons. The predicted octanol–water partition coefficient (Wildman–Crippen LogP) is 3.68. The summed E-state index contributed by atoms with van der Waals surface area (Å²) in [6.45, 7) is 4.23. The average Bonchev–Trinajstić information content (AvgIpc) is 2.82. The largest absolute Gasteiger partial charge is 0.297 e. The van der Waals surface area contributed by atoms with Crippen LogP contribution < -0.4 is 0 Å². The lowest BCUT2D eigenvalue weighted by molar-refractivity contribution is 1.09. The highest BCUT2D eigenvalue weighted by Crippen LogP contribution is 2.24. The van der Waals surface area contributed by atoms with E-state index in [0.717, 1.165) is 5.65 Å². The number of pyridine rings is 1. The van der Waals surface area contributed by atoms with E-state index in [1.807, 2.05) is 6.20 Å². The quantitative estimate of drug-likeness (QED) is 0.621. The fraction of sp³-hybridized carbons (Fsp3) is 0.154. The van der Waals surface area contributed by atoms with Crippen LogP contribution in [0.3, 0.4) is 0 Å². The van der Waals surface area contributed by atoms with Gasteiger partial charge in [0.25, 0.3) is 0 Å². The first-order valence-corrected chi connectivity index (χ1v) is 6.17. The number of rotatable bonds is 1.